The summed E-state index contributed by atoms with van der Waals surface area (Å²) in [5, 5.41) is 0. The Balaban J connectivity index is 1.85. The average molecular weight is 260 g/mol. The van der Waals surface area contributed by atoms with E-state index >= 15 is 0 Å². The summed E-state index contributed by atoms with van der Waals surface area (Å²) >= 11 is 0. The first-order chi connectivity index (χ1) is 9.12. The van der Waals surface area contributed by atoms with Crippen LogP contribution >= 0.6 is 0 Å². The largest absolute Gasteiger partial charge is 0.468 e. The molecule has 1 aromatic heterocycles. The predicted molar refractivity (Wildman–Crippen MR) is 66.6 cm³/mol. The van der Waals surface area contributed by atoms with Gasteiger partial charge in [-0.2, -0.15) is 0 Å². The van der Waals surface area contributed by atoms with Crippen molar-refractivity contribution >= 4 is 5.97 Å². The molecule has 4 rings (SSSR count). The van der Waals surface area contributed by atoms with Crippen LogP contribution in [0.3, 0.4) is 0 Å². The van der Waals surface area contributed by atoms with Crippen molar-refractivity contribution in [3.8, 4) is 0 Å². The molecule has 2 bridgehead atoms. The van der Waals surface area contributed by atoms with Gasteiger partial charge in [0.05, 0.1) is 6.26 Å². The van der Waals surface area contributed by atoms with Crippen LogP contribution in [0.4, 0.5) is 0 Å². The second-order valence-electron chi connectivity index (χ2n) is 5.78. The molecule has 0 aromatic carbocycles. The first kappa shape index (κ1) is 11.3. The Morgan fingerprint density at radius 3 is 3.00 bits per heavy atom. The summed E-state index contributed by atoms with van der Waals surface area (Å²) in [6.45, 7) is 4.08. The summed E-state index contributed by atoms with van der Waals surface area (Å²) in [5.41, 5.74) is 2.62. The summed E-state index contributed by atoms with van der Waals surface area (Å²) < 4.78 is 16.9. The van der Waals surface area contributed by atoms with E-state index in [0.717, 1.165) is 36.1 Å². The van der Waals surface area contributed by atoms with Gasteiger partial charge in [0.25, 0.3) is 0 Å². The van der Waals surface area contributed by atoms with Crippen LogP contribution in [0.1, 0.15) is 42.8 Å². The van der Waals surface area contributed by atoms with Gasteiger partial charge in [-0.3, -0.25) is 0 Å². The van der Waals surface area contributed by atoms with Crippen molar-refractivity contribution in [2.45, 2.75) is 50.9 Å². The Kier molecular flexibility index (Phi) is 2.09. The number of fused-ring (bicyclic) bond motifs is 2. The molecule has 0 radical (unpaired) electrons. The highest BCUT2D eigenvalue weighted by Gasteiger charge is 2.73. The molecule has 2 aliphatic heterocycles. The average Bonchev–Trinajstić information content (AvgIpc) is 2.91. The minimum Gasteiger partial charge on any atom is -0.468 e. The summed E-state index contributed by atoms with van der Waals surface area (Å²) in [4.78, 5) is 12.1. The lowest BCUT2D eigenvalue weighted by Crippen LogP contribution is -2.22. The van der Waals surface area contributed by atoms with E-state index in [4.69, 9.17) is 13.9 Å². The highest BCUT2D eigenvalue weighted by atomic mass is 16.7. The molecule has 4 nitrogen and oxygen atoms in total. The molecular weight excluding hydrogens is 244 g/mol. The molecule has 100 valence electrons. The quantitative estimate of drug-likeness (QED) is 0.409. The molecule has 3 heterocycles. The molecule has 0 unspecified atom stereocenters. The maximum Gasteiger partial charge on any atom is 0.342 e. The second kappa shape index (κ2) is 3.51. The number of rotatable bonds is 0. The van der Waals surface area contributed by atoms with Gasteiger partial charge in [-0.05, 0) is 32.3 Å². The third-order valence-electron chi connectivity index (χ3n) is 4.43. The van der Waals surface area contributed by atoms with Crippen LogP contribution in [0.5, 0.6) is 0 Å². The molecule has 1 aliphatic carbocycles. The minimum atomic E-state index is -0.681. The van der Waals surface area contributed by atoms with Gasteiger partial charge in [0.15, 0.2) is 11.7 Å². The Labute approximate surface area is 111 Å². The van der Waals surface area contributed by atoms with Crippen LogP contribution in [0, 0.1) is 6.92 Å². The van der Waals surface area contributed by atoms with Gasteiger partial charge in [-0.25, -0.2) is 4.79 Å². The monoisotopic (exact) mass is 260 g/mol. The van der Waals surface area contributed by atoms with Crippen molar-refractivity contribution in [3.63, 3.8) is 0 Å². The standard InChI is InChI=1S/C15H16O4/c1-8-4-3-5-15-13(19-15)12(18-14(15)16)11-9(2)7-17-10(11)6-8/h4,7,12-13H,3,5-6H2,1-2H3/t12-,13+,15+/m1/s1. The summed E-state index contributed by atoms with van der Waals surface area (Å²) in [6.07, 6.45) is 5.84. The topological polar surface area (TPSA) is 52.0 Å². The van der Waals surface area contributed by atoms with Gasteiger partial charge >= 0.3 is 5.97 Å². The molecule has 3 atom stereocenters. The number of furan rings is 1. The lowest BCUT2D eigenvalue weighted by molar-refractivity contribution is -0.154. The highest BCUT2D eigenvalue weighted by molar-refractivity contribution is 5.87. The molecule has 1 aromatic rings. The van der Waals surface area contributed by atoms with Crippen LogP contribution < -0.4 is 0 Å². The van der Waals surface area contributed by atoms with Crippen LogP contribution in [0.2, 0.25) is 0 Å². The molecule has 2 saturated heterocycles. The zero-order valence-electron chi connectivity index (χ0n) is 11.1. The Morgan fingerprint density at radius 1 is 1.37 bits per heavy atom. The molecule has 4 heteroatoms. The summed E-state index contributed by atoms with van der Waals surface area (Å²) in [6, 6.07) is 0. The van der Waals surface area contributed by atoms with E-state index in [1.165, 1.54) is 5.57 Å². The van der Waals surface area contributed by atoms with Gasteiger partial charge in [0, 0.05) is 12.0 Å². The van der Waals surface area contributed by atoms with Gasteiger partial charge in [0.2, 0.25) is 0 Å². The van der Waals surface area contributed by atoms with Crippen LogP contribution in [0.15, 0.2) is 22.3 Å². The number of epoxide rings is 1. The fraction of sp³-hybridized carbons (Fsp3) is 0.533. The SMILES string of the molecule is CC1=CCC[C@]23O[C@H]2[C@H](OC3=O)c2c(C)coc2C1. The lowest BCUT2D eigenvalue weighted by atomic mass is 9.91. The first-order valence-electron chi connectivity index (χ1n) is 6.73. The second-order valence-corrected chi connectivity index (χ2v) is 5.78. The van der Waals surface area contributed by atoms with E-state index in [2.05, 4.69) is 13.0 Å². The molecule has 0 spiro atoms. The van der Waals surface area contributed by atoms with E-state index in [1.807, 2.05) is 6.92 Å². The number of hydrogen-bond donors (Lipinski definition) is 0. The normalized spacial score (nSPS) is 36.1. The van der Waals surface area contributed by atoms with Crippen molar-refractivity contribution in [2.75, 3.05) is 0 Å². The number of aryl methyl sites for hydroxylation is 1. The minimum absolute atomic E-state index is 0.123. The number of ether oxygens (including phenoxy) is 2. The van der Waals surface area contributed by atoms with Crippen molar-refractivity contribution in [1.29, 1.82) is 0 Å². The maximum absolute atomic E-state index is 12.1. The number of allylic oxidation sites excluding steroid dienone is 2. The van der Waals surface area contributed by atoms with E-state index in [-0.39, 0.29) is 18.2 Å². The number of carbonyl (C=O) groups is 1. The van der Waals surface area contributed by atoms with Crippen molar-refractivity contribution in [2.24, 2.45) is 0 Å². The molecule has 0 N–H and O–H groups in total. The maximum atomic E-state index is 12.1. The fourth-order valence-corrected chi connectivity index (χ4v) is 3.34. The zero-order valence-corrected chi connectivity index (χ0v) is 11.1. The van der Waals surface area contributed by atoms with E-state index < -0.39 is 5.60 Å². The Hall–Kier alpha value is -1.55. The Bertz CT molecular complexity index is 597. The Morgan fingerprint density at radius 2 is 2.21 bits per heavy atom. The molecule has 3 aliphatic rings. The third-order valence-corrected chi connectivity index (χ3v) is 4.43. The van der Waals surface area contributed by atoms with Crippen molar-refractivity contribution < 1.29 is 18.7 Å². The van der Waals surface area contributed by atoms with Crippen LogP contribution in [-0.2, 0) is 20.7 Å². The molecular formula is C15H16O4. The zero-order chi connectivity index (χ0) is 13.2. The van der Waals surface area contributed by atoms with Gasteiger partial charge in [-0.15, -0.1) is 0 Å². The van der Waals surface area contributed by atoms with E-state index in [1.54, 1.807) is 6.26 Å². The fourth-order valence-electron chi connectivity index (χ4n) is 3.34. The van der Waals surface area contributed by atoms with Crippen LogP contribution in [-0.4, -0.2) is 17.7 Å². The molecule has 0 saturated carbocycles. The van der Waals surface area contributed by atoms with Crippen molar-refractivity contribution in [3.05, 3.63) is 34.8 Å². The highest BCUT2D eigenvalue weighted by Crippen LogP contribution is 2.57. The number of hydrogen-bond acceptors (Lipinski definition) is 4. The predicted octanol–water partition coefficient (Wildman–Crippen LogP) is 2.61. The third kappa shape index (κ3) is 1.40. The summed E-state index contributed by atoms with van der Waals surface area (Å²) in [7, 11) is 0. The van der Waals surface area contributed by atoms with Gasteiger partial charge in [-0.1, -0.05) is 11.6 Å². The molecule has 19 heavy (non-hydrogen) atoms. The lowest BCUT2D eigenvalue weighted by Gasteiger charge is -2.13. The number of esters is 1. The van der Waals surface area contributed by atoms with Gasteiger partial charge in [0.1, 0.15) is 11.9 Å². The van der Waals surface area contributed by atoms with Crippen molar-refractivity contribution in [1.82, 2.24) is 0 Å². The molecule has 2 fully saturated rings. The van der Waals surface area contributed by atoms with E-state index in [0.29, 0.717) is 0 Å². The van der Waals surface area contributed by atoms with E-state index in [9.17, 15) is 4.79 Å². The summed E-state index contributed by atoms with van der Waals surface area (Å²) in [5.74, 6) is 0.694. The van der Waals surface area contributed by atoms with Crippen LogP contribution in [0.25, 0.3) is 0 Å². The smallest absolute Gasteiger partial charge is 0.342 e. The first-order valence-corrected chi connectivity index (χ1v) is 6.73. The number of carbonyl (C=O) groups excluding carboxylic acids is 1. The molecule has 0 amide bonds. The van der Waals surface area contributed by atoms with Gasteiger partial charge < -0.3 is 13.9 Å².